The smallest absolute Gasteiger partial charge is 0.329 e. The second-order valence-electron chi connectivity index (χ2n) is 6.31. The summed E-state index contributed by atoms with van der Waals surface area (Å²) in [5, 5.41) is 12.3. The second kappa shape index (κ2) is 8.48. The van der Waals surface area contributed by atoms with Crippen LogP contribution in [0.5, 0.6) is 0 Å². The number of amides is 1. The lowest BCUT2D eigenvalue weighted by molar-refractivity contribution is -0.148. The van der Waals surface area contributed by atoms with Gasteiger partial charge in [0.2, 0.25) is 5.91 Å². The van der Waals surface area contributed by atoms with Gasteiger partial charge in [0.25, 0.3) is 0 Å². The van der Waals surface area contributed by atoms with Crippen molar-refractivity contribution in [2.45, 2.75) is 69.4 Å². The Kier molecular flexibility index (Phi) is 6.64. The quantitative estimate of drug-likeness (QED) is 0.553. The van der Waals surface area contributed by atoms with Crippen molar-refractivity contribution in [3.05, 3.63) is 0 Å². The molecule has 1 heterocycles. The molecule has 1 unspecified atom stereocenters. The maximum Gasteiger partial charge on any atom is 0.329 e. The van der Waals surface area contributed by atoms with E-state index in [4.69, 9.17) is 9.47 Å². The zero-order chi connectivity index (χ0) is 15.8. The number of hydrogen-bond acceptors (Lipinski definition) is 4. The molecular weight excluding hydrogens is 286 g/mol. The van der Waals surface area contributed by atoms with Crippen LogP contribution in [0.3, 0.4) is 0 Å². The van der Waals surface area contributed by atoms with E-state index < -0.39 is 11.5 Å². The Labute approximate surface area is 131 Å². The number of hydrogen-bond donors (Lipinski definition) is 2. The van der Waals surface area contributed by atoms with Gasteiger partial charge in [-0.25, -0.2) is 4.79 Å². The van der Waals surface area contributed by atoms with Gasteiger partial charge in [-0.05, 0) is 25.7 Å². The van der Waals surface area contributed by atoms with E-state index in [1.54, 1.807) is 0 Å². The summed E-state index contributed by atoms with van der Waals surface area (Å²) >= 11 is 0. The minimum Gasteiger partial charge on any atom is -0.480 e. The molecule has 0 bridgehead atoms. The van der Waals surface area contributed by atoms with Crippen LogP contribution < -0.4 is 5.32 Å². The van der Waals surface area contributed by atoms with Crippen molar-refractivity contribution < 1.29 is 24.2 Å². The predicted octanol–water partition coefficient (Wildman–Crippen LogP) is 1.87. The highest BCUT2D eigenvalue weighted by Gasteiger charge is 2.39. The van der Waals surface area contributed by atoms with Crippen LogP contribution in [0.15, 0.2) is 0 Å². The molecule has 2 rings (SSSR count). The van der Waals surface area contributed by atoms with Crippen molar-refractivity contribution >= 4 is 11.9 Å². The third kappa shape index (κ3) is 4.95. The van der Waals surface area contributed by atoms with Gasteiger partial charge in [-0.15, -0.1) is 0 Å². The fraction of sp³-hybridized carbons (Fsp3) is 0.875. The maximum absolute atomic E-state index is 12.0. The van der Waals surface area contributed by atoms with E-state index in [0.29, 0.717) is 26.1 Å². The highest BCUT2D eigenvalue weighted by atomic mass is 16.5. The van der Waals surface area contributed by atoms with Gasteiger partial charge in [-0.2, -0.15) is 0 Å². The van der Waals surface area contributed by atoms with Gasteiger partial charge in [0.05, 0.1) is 19.3 Å². The summed E-state index contributed by atoms with van der Waals surface area (Å²) in [5.74, 6) is -1.15. The molecule has 0 aromatic rings. The lowest BCUT2D eigenvalue weighted by atomic mass is 9.90. The van der Waals surface area contributed by atoms with E-state index in [9.17, 15) is 14.7 Å². The van der Waals surface area contributed by atoms with Crippen LogP contribution >= 0.6 is 0 Å². The Morgan fingerprint density at radius 1 is 1.18 bits per heavy atom. The van der Waals surface area contributed by atoms with Gasteiger partial charge >= 0.3 is 5.97 Å². The Bertz CT molecular complexity index is 371. The largest absolute Gasteiger partial charge is 0.480 e. The number of carboxylic acids is 1. The summed E-state index contributed by atoms with van der Waals surface area (Å²) < 4.78 is 10.9. The zero-order valence-corrected chi connectivity index (χ0v) is 13.1. The molecule has 0 aromatic heterocycles. The molecule has 1 saturated carbocycles. The fourth-order valence-corrected chi connectivity index (χ4v) is 3.21. The SMILES string of the molecule is O=C(CCOCC1CCCO1)NC1(C(=O)O)CCCCCC1. The number of aliphatic carboxylic acids is 1. The average molecular weight is 313 g/mol. The summed E-state index contributed by atoms with van der Waals surface area (Å²) in [6, 6.07) is 0. The molecule has 1 aliphatic heterocycles. The highest BCUT2D eigenvalue weighted by Crippen LogP contribution is 2.27. The molecule has 2 N–H and O–H groups in total. The van der Waals surface area contributed by atoms with E-state index in [-0.39, 0.29) is 18.4 Å². The van der Waals surface area contributed by atoms with Crippen molar-refractivity contribution in [2.24, 2.45) is 0 Å². The Balaban J connectivity index is 1.72. The van der Waals surface area contributed by atoms with E-state index in [2.05, 4.69) is 5.32 Å². The number of carbonyl (C=O) groups is 2. The van der Waals surface area contributed by atoms with E-state index >= 15 is 0 Å². The van der Waals surface area contributed by atoms with Gasteiger partial charge < -0.3 is 19.9 Å². The van der Waals surface area contributed by atoms with Gasteiger partial charge in [0.15, 0.2) is 0 Å². The lowest BCUT2D eigenvalue weighted by Gasteiger charge is -2.29. The first-order valence-electron chi connectivity index (χ1n) is 8.36. The van der Waals surface area contributed by atoms with E-state index in [1.807, 2.05) is 0 Å². The molecule has 0 spiro atoms. The first-order valence-corrected chi connectivity index (χ1v) is 8.36. The number of carbonyl (C=O) groups excluding carboxylic acids is 1. The van der Waals surface area contributed by atoms with Crippen molar-refractivity contribution in [2.75, 3.05) is 19.8 Å². The lowest BCUT2D eigenvalue weighted by Crippen LogP contribution is -2.54. The monoisotopic (exact) mass is 313 g/mol. The molecule has 1 saturated heterocycles. The standard InChI is InChI=1S/C16H27NO5/c18-14(7-11-21-12-13-6-5-10-22-13)17-16(15(19)20)8-3-1-2-4-9-16/h13H,1-12H2,(H,17,18)(H,19,20). The molecule has 0 radical (unpaired) electrons. The van der Waals surface area contributed by atoms with E-state index in [1.165, 1.54) is 0 Å². The van der Waals surface area contributed by atoms with Gasteiger partial charge in [0.1, 0.15) is 5.54 Å². The zero-order valence-electron chi connectivity index (χ0n) is 13.1. The Morgan fingerprint density at radius 3 is 2.50 bits per heavy atom. The molecule has 2 fully saturated rings. The van der Waals surface area contributed by atoms with Crippen molar-refractivity contribution in [3.63, 3.8) is 0 Å². The van der Waals surface area contributed by atoms with Crippen LogP contribution in [0.2, 0.25) is 0 Å². The van der Waals surface area contributed by atoms with Crippen molar-refractivity contribution in [3.8, 4) is 0 Å². The molecule has 0 aromatic carbocycles. The molecule has 1 amide bonds. The van der Waals surface area contributed by atoms with Crippen LogP contribution in [-0.2, 0) is 19.1 Å². The highest BCUT2D eigenvalue weighted by molar-refractivity contribution is 5.87. The van der Waals surface area contributed by atoms with Crippen molar-refractivity contribution in [1.29, 1.82) is 0 Å². The number of nitrogens with one attached hydrogen (secondary N) is 1. The minimum atomic E-state index is -1.08. The number of rotatable bonds is 7. The van der Waals surface area contributed by atoms with Crippen LogP contribution in [-0.4, -0.2) is 48.4 Å². The van der Waals surface area contributed by atoms with Crippen LogP contribution in [0, 0.1) is 0 Å². The van der Waals surface area contributed by atoms with Crippen molar-refractivity contribution in [1.82, 2.24) is 5.32 Å². The maximum atomic E-state index is 12.0. The number of carboxylic acid groups (broad SMARTS) is 1. The summed E-state index contributed by atoms with van der Waals surface area (Å²) in [7, 11) is 0. The molecule has 1 atom stereocenters. The third-order valence-electron chi connectivity index (χ3n) is 4.55. The molecule has 22 heavy (non-hydrogen) atoms. The second-order valence-corrected chi connectivity index (χ2v) is 6.31. The van der Waals surface area contributed by atoms with Crippen LogP contribution in [0.1, 0.15) is 57.8 Å². The molecule has 1 aliphatic carbocycles. The Hall–Kier alpha value is -1.14. The summed E-state index contributed by atoms with van der Waals surface area (Å²) in [6.45, 7) is 1.61. The Morgan fingerprint density at radius 2 is 1.91 bits per heavy atom. The first kappa shape index (κ1) is 17.2. The van der Waals surface area contributed by atoms with Crippen LogP contribution in [0.25, 0.3) is 0 Å². The molecule has 6 nitrogen and oxygen atoms in total. The molecular formula is C16H27NO5. The number of ether oxygens (including phenoxy) is 2. The normalized spacial score (nSPS) is 24.6. The average Bonchev–Trinajstić information content (AvgIpc) is 2.89. The summed E-state index contributed by atoms with van der Waals surface area (Å²) in [4.78, 5) is 23.6. The molecule has 6 heteroatoms. The predicted molar refractivity (Wildman–Crippen MR) is 80.6 cm³/mol. The van der Waals surface area contributed by atoms with Gasteiger partial charge in [0, 0.05) is 13.0 Å². The molecule has 2 aliphatic rings. The third-order valence-corrected chi connectivity index (χ3v) is 4.55. The topological polar surface area (TPSA) is 84.9 Å². The fourth-order valence-electron chi connectivity index (χ4n) is 3.21. The minimum absolute atomic E-state index is 0.148. The van der Waals surface area contributed by atoms with Crippen LogP contribution in [0.4, 0.5) is 0 Å². The first-order chi connectivity index (χ1) is 10.6. The van der Waals surface area contributed by atoms with E-state index in [0.717, 1.165) is 45.1 Å². The summed E-state index contributed by atoms with van der Waals surface area (Å²) in [5.41, 5.74) is -1.08. The molecule has 126 valence electrons. The van der Waals surface area contributed by atoms with Gasteiger partial charge in [-0.3, -0.25) is 4.79 Å². The summed E-state index contributed by atoms with van der Waals surface area (Å²) in [6.07, 6.45) is 7.23. The van der Waals surface area contributed by atoms with Gasteiger partial charge in [-0.1, -0.05) is 25.7 Å².